The summed E-state index contributed by atoms with van der Waals surface area (Å²) in [6.45, 7) is 6.58. The van der Waals surface area contributed by atoms with Crippen LogP contribution in [0.1, 0.15) is 26.7 Å². The third-order valence-electron chi connectivity index (χ3n) is 4.25. The molecule has 3 N–H and O–H groups in total. The molecule has 0 aromatic heterocycles. The SMILES string of the molecule is CC1CCCN(CC(O)COc2cccc(N)c2)C1C. The number of hydrogen-bond donors (Lipinski definition) is 2. The zero-order chi connectivity index (χ0) is 14.5. The predicted octanol–water partition coefficient (Wildman–Crippen LogP) is 2.13. The van der Waals surface area contributed by atoms with E-state index in [4.69, 9.17) is 10.5 Å². The molecule has 3 atom stereocenters. The van der Waals surface area contributed by atoms with Crippen LogP contribution in [0.4, 0.5) is 5.69 Å². The van der Waals surface area contributed by atoms with Crippen LogP contribution < -0.4 is 10.5 Å². The van der Waals surface area contributed by atoms with Crippen LogP contribution in [0.5, 0.6) is 5.75 Å². The van der Waals surface area contributed by atoms with Crippen LogP contribution in [-0.2, 0) is 0 Å². The topological polar surface area (TPSA) is 58.7 Å². The van der Waals surface area contributed by atoms with Crippen molar-refractivity contribution in [3.63, 3.8) is 0 Å². The van der Waals surface area contributed by atoms with Gasteiger partial charge in [-0.05, 0) is 44.4 Å². The zero-order valence-corrected chi connectivity index (χ0v) is 12.5. The average Bonchev–Trinajstić information content (AvgIpc) is 2.42. The van der Waals surface area contributed by atoms with Crippen LogP contribution in [0.3, 0.4) is 0 Å². The largest absolute Gasteiger partial charge is 0.491 e. The van der Waals surface area contributed by atoms with Crippen molar-refractivity contribution in [2.45, 2.75) is 38.8 Å². The van der Waals surface area contributed by atoms with Gasteiger partial charge in [0.15, 0.2) is 0 Å². The Morgan fingerprint density at radius 3 is 3.00 bits per heavy atom. The van der Waals surface area contributed by atoms with Gasteiger partial charge in [0.05, 0.1) is 0 Å². The normalized spacial score (nSPS) is 25.4. The molecule has 1 aliphatic rings. The highest BCUT2D eigenvalue weighted by atomic mass is 16.5. The fourth-order valence-electron chi connectivity index (χ4n) is 2.80. The van der Waals surface area contributed by atoms with Gasteiger partial charge >= 0.3 is 0 Å². The molecular weight excluding hydrogens is 252 g/mol. The smallest absolute Gasteiger partial charge is 0.121 e. The van der Waals surface area contributed by atoms with E-state index < -0.39 is 6.10 Å². The van der Waals surface area contributed by atoms with Gasteiger partial charge < -0.3 is 15.6 Å². The Morgan fingerprint density at radius 1 is 1.45 bits per heavy atom. The van der Waals surface area contributed by atoms with Crippen LogP contribution >= 0.6 is 0 Å². The molecule has 0 bridgehead atoms. The standard InChI is InChI=1S/C16H26N2O2/c1-12-5-4-8-18(13(12)2)10-15(19)11-20-16-7-3-6-14(17)9-16/h3,6-7,9,12-13,15,19H,4-5,8,10-11,17H2,1-2H3. The van der Waals surface area contributed by atoms with E-state index in [1.165, 1.54) is 12.8 Å². The first-order chi connectivity index (χ1) is 9.56. The van der Waals surface area contributed by atoms with E-state index in [9.17, 15) is 5.11 Å². The number of β-amino-alcohol motifs (C(OH)–C–C–N with tert-alkyl or cyclic N) is 1. The number of aliphatic hydroxyl groups is 1. The molecule has 1 heterocycles. The summed E-state index contributed by atoms with van der Waals surface area (Å²) in [4.78, 5) is 2.36. The molecule has 0 spiro atoms. The van der Waals surface area contributed by atoms with Crippen LogP contribution in [0, 0.1) is 5.92 Å². The van der Waals surface area contributed by atoms with E-state index >= 15 is 0 Å². The van der Waals surface area contributed by atoms with Gasteiger partial charge in [-0.2, -0.15) is 0 Å². The summed E-state index contributed by atoms with van der Waals surface area (Å²) in [6, 6.07) is 7.84. The molecule has 1 saturated heterocycles. The van der Waals surface area contributed by atoms with Crippen LogP contribution in [-0.4, -0.2) is 41.8 Å². The van der Waals surface area contributed by atoms with Crippen LogP contribution in [0.15, 0.2) is 24.3 Å². The zero-order valence-electron chi connectivity index (χ0n) is 12.5. The number of rotatable bonds is 5. The lowest BCUT2D eigenvalue weighted by Gasteiger charge is -2.38. The summed E-state index contributed by atoms with van der Waals surface area (Å²) in [5, 5.41) is 10.1. The minimum Gasteiger partial charge on any atom is -0.491 e. The maximum Gasteiger partial charge on any atom is 0.121 e. The van der Waals surface area contributed by atoms with Crippen molar-refractivity contribution >= 4 is 5.69 Å². The van der Waals surface area contributed by atoms with Gasteiger partial charge in [-0.15, -0.1) is 0 Å². The first-order valence-electron chi connectivity index (χ1n) is 7.46. The number of nitrogens with two attached hydrogens (primary N) is 1. The summed E-state index contributed by atoms with van der Waals surface area (Å²) >= 11 is 0. The number of hydrogen-bond acceptors (Lipinski definition) is 4. The van der Waals surface area contributed by atoms with E-state index in [-0.39, 0.29) is 0 Å². The van der Waals surface area contributed by atoms with Crippen molar-refractivity contribution in [3.05, 3.63) is 24.3 Å². The second kappa shape index (κ2) is 6.95. The molecule has 2 rings (SSSR count). The van der Waals surface area contributed by atoms with E-state index in [0.717, 1.165) is 6.54 Å². The Balaban J connectivity index is 1.79. The Hall–Kier alpha value is -1.26. The molecule has 0 radical (unpaired) electrons. The predicted molar refractivity (Wildman–Crippen MR) is 81.8 cm³/mol. The minimum atomic E-state index is -0.468. The Labute approximate surface area is 121 Å². The second-order valence-corrected chi connectivity index (χ2v) is 5.89. The maximum absolute atomic E-state index is 10.1. The number of nitrogens with zero attached hydrogens (tertiary/aromatic N) is 1. The molecule has 4 nitrogen and oxygen atoms in total. The summed E-state index contributed by atoms with van der Waals surface area (Å²) in [6.07, 6.45) is 2.03. The summed E-state index contributed by atoms with van der Waals surface area (Å²) < 4.78 is 5.60. The van der Waals surface area contributed by atoms with Gasteiger partial charge in [0.1, 0.15) is 18.5 Å². The van der Waals surface area contributed by atoms with Crippen molar-refractivity contribution in [2.24, 2.45) is 5.92 Å². The molecule has 1 aliphatic heterocycles. The Bertz CT molecular complexity index is 425. The molecule has 4 heteroatoms. The van der Waals surface area contributed by atoms with Crippen LogP contribution in [0.2, 0.25) is 0 Å². The summed E-state index contributed by atoms with van der Waals surface area (Å²) in [5.41, 5.74) is 6.37. The lowest BCUT2D eigenvalue weighted by atomic mass is 9.92. The third-order valence-corrected chi connectivity index (χ3v) is 4.25. The number of piperidine rings is 1. The second-order valence-electron chi connectivity index (χ2n) is 5.89. The number of anilines is 1. The lowest BCUT2D eigenvalue weighted by molar-refractivity contribution is 0.0292. The van der Waals surface area contributed by atoms with Gasteiger partial charge in [-0.25, -0.2) is 0 Å². The van der Waals surface area contributed by atoms with Gasteiger partial charge in [0.25, 0.3) is 0 Å². The van der Waals surface area contributed by atoms with E-state index in [1.54, 1.807) is 6.07 Å². The summed E-state index contributed by atoms with van der Waals surface area (Å²) in [5.74, 6) is 1.41. The van der Waals surface area contributed by atoms with Crippen LogP contribution in [0.25, 0.3) is 0 Å². The highest BCUT2D eigenvalue weighted by Crippen LogP contribution is 2.23. The van der Waals surface area contributed by atoms with Gasteiger partial charge in [-0.3, -0.25) is 4.90 Å². The maximum atomic E-state index is 10.1. The van der Waals surface area contributed by atoms with Crippen molar-refractivity contribution in [1.82, 2.24) is 4.90 Å². The lowest BCUT2D eigenvalue weighted by Crippen LogP contribution is -2.46. The van der Waals surface area contributed by atoms with E-state index in [1.807, 2.05) is 18.2 Å². The van der Waals surface area contributed by atoms with E-state index in [0.29, 0.717) is 36.5 Å². The molecule has 112 valence electrons. The Morgan fingerprint density at radius 2 is 2.25 bits per heavy atom. The average molecular weight is 278 g/mol. The number of nitrogen functional groups attached to an aromatic ring is 1. The number of likely N-dealkylation sites (tertiary alicyclic amines) is 1. The number of benzene rings is 1. The fourth-order valence-corrected chi connectivity index (χ4v) is 2.80. The molecule has 3 unspecified atom stereocenters. The van der Waals surface area contributed by atoms with Crippen molar-refractivity contribution < 1.29 is 9.84 Å². The number of ether oxygens (including phenoxy) is 1. The molecule has 1 fully saturated rings. The molecule has 1 aromatic carbocycles. The van der Waals surface area contributed by atoms with Crippen molar-refractivity contribution in [3.8, 4) is 5.75 Å². The number of aliphatic hydroxyl groups excluding tert-OH is 1. The molecule has 0 aliphatic carbocycles. The third kappa shape index (κ3) is 4.12. The van der Waals surface area contributed by atoms with Crippen molar-refractivity contribution in [2.75, 3.05) is 25.4 Å². The fraction of sp³-hybridized carbons (Fsp3) is 0.625. The molecule has 1 aromatic rings. The summed E-state index contributed by atoms with van der Waals surface area (Å²) in [7, 11) is 0. The minimum absolute atomic E-state index is 0.307. The molecule has 20 heavy (non-hydrogen) atoms. The monoisotopic (exact) mass is 278 g/mol. The Kier molecular flexibility index (Phi) is 5.26. The van der Waals surface area contributed by atoms with Gasteiger partial charge in [0, 0.05) is 24.3 Å². The molecule has 0 saturated carbocycles. The van der Waals surface area contributed by atoms with Gasteiger partial charge in [-0.1, -0.05) is 13.0 Å². The quantitative estimate of drug-likeness (QED) is 0.810. The first kappa shape index (κ1) is 15.1. The van der Waals surface area contributed by atoms with Gasteiger partial charge in [0.2, 0.25) is 0 Å². The van der Waals surface area contributed by atoms with E-state index in [2.05, 4.69) is 18.7 Å². The molecule has 0 amide bonds. The highest BCUT2D eigenvalue weighted by Gasteiger charge is 2.26. The highest BCUT2D eigenvalue weighted by molar-refractivity contribution is 5.43. The first-order valence-corrected chi connectivity index (χ1v) is 7.46. The molecular formula is C16H26N2O2. The van der Waals surface area contributed by atoms with Crippen molar-refractivity contribution in [1.29, 1.82) is 0 Å².